The summed E-state index contributed by atoms with van der Waals surface area (Å²) in [5, 5.41) is 1.65. The third-order valence-electron chi connectivity index (χ3n) is 4.88. The molecule has 7 heteroatoms. The Morgan fingerprint density at radius 3 is 2.20 bits per heavy atom. The van der Waals surface area contributed by atoms with E-state index in [-0.39, 0.29) is 17.3 Å². The second kappa shape index (κ2) is 9.11. The molecule has 0 saturated carbocycles. The van der Waals surface area contributed by atoms with Crippen LogP contribution in [0.3, 0.4) is 0 Å². The summed E-state index contributed by atoms with van der Waals surface area (Å²) in [5.74, 6) is -0.247. The van der Waals surface area contributed by atoms with Gasteiger partial charge in [-0.15, -0.1) is 0 Å². The van der Waals surface area contributed by atoms with Crippen molar-refractivity contribution in [3.05, 3.63) is 95.1 Å². The number of rotatable bonds is 7. The number of nitrogens with one attached hydrogen (secondary N) is 2. The summed E-state index contributed by atoms with van der Waals surface area (Å²) in [6.07, 6.45) is 0. The van der Waals surface area contributed by atoms with Crippen LogP contribution >= 0.6 is 0 Å². The van der Waals surface area contributed by atoms with E-state index in [1.807, 2.05) is 44.2 Å². The number of anilines is 1. The molecule has 0 aliphatic heterocycles. The molecule has 3 aromatic rings. The molecule has 0 unspecified atom stereocenters. The largest absolute Gasteiger partial charge is 0.288 e. The van der Waals surface area contributed by atoms with Gasteiger partial charge >= 0.3 is 0 Å². The van der Waals surface area contributed by atoms with Gasteiger partial charge in [0.25, 0.3) is 5.91 Å². The number of carbonyl (C=O) groups is 1. The molecule has 0 spiro atoms. The fraction of sp³-hybridized carbons (Fsp3) is 0.174. The van der Waals surface area contributed by atoms with Crippen LogP contribution in [0.2, 0.25) is 0 Å². The smallest absolute Gasteiger partial charge is 0.269 e. The standard InChI is InChI=1S/C23H25N3O3S/c1-17-9-14-22(15-18(17)2)30(28,29)24-16-19-10-12-20(13-11-19)23(27)25-26(3)21-7-5-4-6-8-21/h4-15,24H,16H2,1-3H3,(H,25,27). The van der Waals surface area contributed by atoms with E-state index in [9.17, 15) is 13.2 Å². The summed E-state index contributed by atoms with van der Waals surface area (Å²) in [5.41, 5.74) is 6.88. The minimum atomic E-state index is -3.61. The second-order valence-corrected chi connectivity index (χ2v) is 8.87. The highest BCUT2D eigenvalue weighted by Crippen LogP contribution is 2.15. The van der Waals surface area contributed by atoms with Crippen LogP contribution in [0.4, 0.5) is 5.69 Å². The molecule has 1 amide bonds. The van der Waals surface area contributed by atoms with Gasteiger partial charge in [0.2, 0.25) is 10.0 Å². The average Bonchev–Trinajstić information content (AvgIpc) is 2.75. The second-order valence-electron chi connectivity index (χ2n) is 7.10. The Hall–Kier alpha value is -3.16. The topological polar surface area (TPSA) is 78.5 Å². The first-order chi connectivity index (χ1) is 14.3. The predicted octanol–water partition coefficient (Wildman–Crippen LogP) is 3.56. The zero-order chi connectivity index (χ0) is 21.7. The van der Waals surface area contributed by atoms with Gasteiger partial charge in [0.05, 0.1) is 10.6 Å². The molecule has 0 atom stereocenters. The first-order valence-corrected chi connectivity index (χ1v) is 11.0. The van der Waals surface area contributed by atoms with Crippen LogP contribution in [0.1, 0.15) is 27.0 Å². The monoisotopic (exact) mass is 423 g/mol. The minimum Gasteiger partial charge on any atom is -0.288 e. The molecule has 156 valence electrons. The van der Waals surface area contributed by atoms with Gasteiger partial charge in [-0.2, -0.15) is 0 Å². The summed E-state index contributed by atoms with van der Waals surface area (Å²) in [6.45, 7) is 3.96. The van der Waals surface area contributed by atoms with Gasteiger partial charge < -0.3 is 0 Å². The lowest BCUT2D eigenvalue weighted by Crippen LogP contribution is -2.39. The van der Waals surface area contributed by atoms with Crippen molar-refractivity contribution in [2.24, 2.45) is 0 Å². The van der Waals surface area contributed by atoms with E-state index in [4.69, 9.17) is 0 Å². The Morgan fingerprint density at radius 2 is 1.57 bits per heavy atom. The summed E-state index contributed by atoms with van der Waals surface area (Å²) in [7, 11) is -1.84. The molecule has 0 heterocycles. The van der Waals surface area contributed by atoms with Crippen LogP contribution in [0.15, 0.2) is 77.7 Å². The van der Waals surface area contributed by atoms with Crippen molar-refractivity contribution < 1.29 is 13.2 Å². The van der Waals surface area contributed by atoms with Crippen LogP contribution < -0.4 is 15.2 Å². The molecule has 0 fully saturated rings. The lowest BCUT2D eigenvalue weighted by molar-refractivity contribution is 0.0951. The molecule has 0 radical (unpaired) electrons. The van der Waals surface area contributed by atoms with E-state index in [1.54, 1.807) is 54.5 Å². The van der Waals surface area contributed by atoms with Gasteiger partial charge in [0.15, 0.2) is 0 Å². The van der Waals surface area contributed by atoms with Crippen molar-refractivity contribution in [3.8, 4) is 0 Å². The van der Waals surface area contributed by atoms with E-state index >= 15 is 0 Å². The number of benzene rings is 3. The highest BCUT2D eigenvalue weighted by Gasteiger charge is 2.15. The summed E-state index contributed by atoms with van der Waals surface area (Å²) in [6, 6.07) is 21.4. The third kappa shape index (κ3) is 5.25. The van der Waals surface area contributed by atoms with Crippen molar-refractivity contribution in [1.29, 1.82) is 0 Å². The number of amides is 1. The first-order valence-electron chi connectivity index (χ1n) is 9.52. The first kappa shape index (κ1) is 21.5. The van der Waals surface area contributed by atoms with E-state index in [0.717, 1.165) is 22.4 Å². The quantitative estimate of drug-likeness (QED) is 0.570. The lowest BCUT2D eigenvalue weighted by Gasteiger charge is -2.20. The van der Waals surface area contributed by atoms with Crippen molar-refractivity contribution in [2.45, 2.75) is 25.3 Å². The molecule has 6 nitrogen and oxygen atoms in total. The number of hydrogen-bond acceptors (Lipinski definition) is 4. The van der Waals surface area contributed by atoms with E-state index in [2.05, 4.69) is 10.1 Å². The highest BCUT2D eigenvalue weighted by atomic mass is 32.2. The molecule has 0 aliphatic carbocycles. The molecule has 3 aromatic carbocycles. The number of hydrogen-bond donors (Lipinski definition) is 2. The van der Waals surface area contributed by atoms with E-state index in [0.29, 0.717) is 5.56 Å². The van der Waals surface area contributed by atoms with Gasteiger partial charge in [-0.05, 0) is 66.9 Å². The van der Waals surface area contributed by atoms with Crippen LogP contribution in [-0.2, 0) is 16.6 Å². The van der Waals surface area contributed by atoms with E-state index < -0.39 is 10.0 Å². The molecular weight excluding hydrogens is 398 g/mol. The zero-order valence-corrected chi connectivity index (χ0v) is 18.0. The molecule has 30 heavy (non-hydrogen) atoms. The van der Waals surface area contributed by atoms with Crippen LogP contribution in [0, 0.1) is 13.8 Å². The van der Waals surface area contributed by atoms with Gasteiger partial charge in [0, 0.05) is 19.2 Å². The third-order valence-corrected chi connectivity index (χ3v) is 6.28. The Bertz CT molecular complexity index is 1130. The molecule has 0 aliphatic rings. The maximum Gasteiger partial charge on any atom is 0.269 e. The Morgan fingerprint density at radius 1 is 0.900 bits per heavy atom. The maximum atomic E-state index is 12.5. The van der Waals surface area contributed by atoms with Gasteiger partial charge in [-0.3, -0.25) is 15.2 Å². The van der Waals surface area contributed by atoms with Crippen LogP contribution in [0.25, 0.3) is 0 Å². The van der Waals surface area contributed by atoms with Gasteiger partial charge in [0.1, 0.15) is 0 Å². The average molecular weight is 424 g/mol. The van der Waals surface area contributed by atoms with Crippen molar-refractivity contribution in [2.75, 3.05) is 12.1 Å². The van der Waals surface area contributed by atoms with Crippen molar-refractivity contribution >= 4 is 21.6 Å². The fourth-order valence-corrected chi connectivity index (χ4v) is 3.95. The zero-order valence-electron chi connectivity index (χ0n) is 17.2. The maximum absolute atomic E-state index is 12.5. The summed E-state index contributed by atoms with van der Waals surface area (Å²) < 4.78 is 27.6. The Labute approximate surface area is 177 Å². The number of carbonyl (C=O) groups excluding carboxylic acids is 1. The number of para-hydroxylation sites is 1. The van der Waals surface area contributed by atoms with Gasteiger partial charge in [-0.1, -0.05) is 36.4 Å². The normalized spacial score (nSPS) is 11.2. The number of aryl methyl sites for hydroxylation is 2. The predicted molar refractivity (Wildman–Crippen MR) is 119 cm³/mol. The number of nitrogens with zero attached hydrogens (tertiary/aromatic N) is 1. The Balaban J connectivity index is 1.61. The van der Waals surface area contributed by atoms with Crippen LogP contribution in [0.5, 0.6) is 0 Å². The molecular formula is C23H25N3O3S. The molecule has 0 bridgehead atoms. The fourth-order valence-electron chi connectivity index (χ4n) is 2.85. The van der Waals surface area contributed by atoms with Crippen molar-refractivity contribution in [1.82, 2.24) is 10.1 Å². The van der Waals surface area contributed by atoms with E-state index in [1.165, 1.54) is 0 Å². The van der Waals surface area contributed by atoms with Crippen LogP contribution in [-0.4, -0.2) is 21.4 Å². The minimum absolute atomic E-state index is 0.140. The summed E-state index contributed by atoms with van der Waals surface area (Å²) in [4.78, 5) is 12.7. The Kier molecular flexibility index (Phi) is 6.54. The van der Waals surface area contributed by atoms with Gasteiger partial charge in [-0.25, -0.2) is 13.1 Å². The lowest BCUT2D eigenvalue weighted by atomic mass is 10.1. The number of hydrazine groups is 1. The molecule has 0 saturated heterocycles. The molecule has 3 rings (SSSR count). The SMILES string of the molecule is Cc1ccc(S(=O)(=O)NCc2ccc(C(=O)NN(C)c3ccccc3)cc2)cc1C. The van der Waals surface area contributed by atoms with Crippen molar-refractivity contribution in [3.63, 3.8) is 0 Å². The highest BCUT2D eigenvalue weighted by molar-refractivity contribution is 7.89. The molecule has 0 aromatic heterocycles. The number of sulfonamides is 1. The molecule has 2 N–H and O–H groups in total. The summed E-state index contributed by atoms with van der Waals surface area (Å²) >= 11 is 0.